The first-order valence-electron chi connectivity index (χ1n) is 6.69. The highest BCUT2D eigenvalue weighted by atomic mass is 32.2. The Kier molecular flexibility index (Phi) is 3.49. The molecule has 1 saturated heterocycles. The summed E-state index contributed by atoms with van der Waals surface area (Å²) in [5.41, 5.74) is 0.559. The number of fused-ring (bicyclic) bond motifs is 1. The molecule has 2 aromatic heterocycles. The molecule has 3 rings (SSSR count). The maximum Gasteiger partial charge on any atom is 0.245 e. The Morgan fingerprint density at radius 1 is 1.45 bits per heavy atom. The average molecular weight is 295 g/mol. The number of nitrogens with one attached hydrogen (secondary N) is 1. The van der Waals surface area contributed by atoms with E-state index in [1.165, 1.54) is 10.5 Å². The van der Waals surface area contributed by atoms with Crippen LogP contribution in [0.5, 0.6) is 0 Å². The van der Waals surface area contributed by atoms with Gasteiger partial charge in [0, 0.05) is 30.4 Å². The van der Waals surface area contributed by atoms with Crippen LogP contribution in [-0.2, 0) is 10.0 Å². The summed E-state index contributed by atoms with van der Waals surface area (Å²) in [6.45, 7) is 0.320. The Balaban J connectivity index is 2.07. The molecule has 0 aliphatic carbocycles. The van der Waals surface area contributed by atoms with Crippen LogP contribution in [0, 0.1) is 0 Å². The van der Waals surface area contributed by atoms with Crippen molar-refractivity contribution in [2.45, 2.75) is 30.2 Å². The maximum absolute atomic E-state index is 12.8. The van der Waals surface area contributed by atoms with Gasteiger partial charge in [-0.05, 0) is 25.0 Å². The van der Waals surface area contributed by atoms with Crippen molar-refractivity contribution in [3.63, 3.8) is 0 Å². The molecule has 1 fully saturated rings. The van der Waals surface area contributed by atoms with E-state index in [0.29, 0.717) is 24.0 Å². The Hall–Kier alpha value is -1.44. The molecule has 0 saturated carbocycles. The number of sulfonamides is 1. The Bertz CT molecular complexity index is 710. The number of aromatic nitrogens is 2. The number of pyridine rings is 1. The van der Waals surface area contributed by atoms with Gasteiger partial charge in [0.2, 0.25) is 10.0 Å². The van der Waals surface area contributed by atoms with Gasteiger partial charge in [0.25, 0.3) is 0 Å². The molecule has 2 N–H and O–H groups in total. The molecule has 6 nitrogen and oxygen atoms in total. The Morgan fingerprint density at radius 3 is 3.10 bits per heavy atom. The quantitative estimate of drug-likeness (QED) is 0.887. The van der Waals surface area contributed by atoms with E-state index < -0.39 is 10.0 Å². The highest BCUT2D eigenvalue weighted by Gasteiger charge is 2.34. The van der Waals surface area contributed by atoms with Gasteiger partial charge < -0.3 is 10.1 Å². The minimum Gasteiger partial charge on any atom is -0.395 e. The second kappa shape index (κ2) is 5.16. The molecule has 20 heavy (non-hydrogen) atoms. The van der Waals surface area contributed by atoms with E-state index in [4.69, 9.17) is 0 Å². The fraction of sp³-hybridized carbons (Fsp3) is 0.462. The molecule has 0 bridgehead atoms. The number of nitrogens with zero attached hydrogens (tertiary/aromatic N) is 2. The predicted molar refractivity (Wildman–Crippen MR) is 74.7 cm³/mol. The van der Waals surface area contributed by atoms with Crippen LogP contribution in [0.2, 0.25) is 0 Å². The molecular weight excluding hydrogens is 278 g/mol. The van der Waals surface area contributed by atoms with E-state index in [0.717, 1.165) is 12.8 Å². The third-order valence-electron chi connectivity index (χ3n) is 3.78. The van der Waals surface area contributed by atoms with Crippen LogP contribution < -0.4 is 0 Å². The summed E-state index contributed by atoms with van der Waals surface area (Å²) in [5, 5.41) is 10.0. The lowest BCUT2D eigenvalue weighted by Gasteiger charge is -2.33. The number of rotatable bonds is 3. The van der Waals surface area contributed by atoms with E-state index >= 15 is 0 Å². The van der Waals surface area contributed by atoms with Crippen molar-refractivity contribution in [2.75, 3.05) is 13.2 Å². The lowest BCUT2D eigenvalue weighted by atomic mass is 10.1. The zero-order chi connectivity index (χ0) is 14.2. The molecule has 0 amide bonds. The van der Waals surface area contributed by atoms with Gasteiger partial charge in [0.05, 0.1) is 6.61 Å². The summed E-state index contributed by atoms with van der Waals surface area (Å²) < 4.78 is 27.0. The zero-order valence-corrected chi connectivity index (χ0v) is 11.8. The first-order chi connectivity index (χ1) is 9.64. The fourth-order valence-electron chi connectivity index (χ4n) is 2.74. The van der Waals surface area contributed by atoms with Gasteiger partial charge >= 0.3 is 0 Å². The number of aliphatic hydroxyl groups is 1. The van der Waals surface area contributed by atoms with Crippen molar-refractivity contribution >= 4 is 21.1 Å². The largest absolute Gasteiger partial charge is 0.395 e. The molecule has 3 heterocycles. The van der Waals surface area contributed by atoms with Gasteiger partial charge in [-0.2, -0.15) is 4.31 Å². The third kappa shape index (κ3) is 2.11. The van der Waals surface area contributed by atoms with Gasteiger partial charge in [-0.1, -0.05) is 6.42 Å². The van der Waals surface area contributed by atoms with Crippen molar-refractivity contribution in [3.05, 3.63) is 24.5 Å². The Labute approximate surface area is 117 Å². The molecule has 1 aliphatic rings. The van der Waals surface area contributed by atoms with Crippen LogP contribution in [0.4, 0.5) is 0 Å². The predicted octanol–water partition coefficient (Wildman–Crippen LogP) is 1.10. The lowest BCUT2D eigenvalue weighted by molar-refractivity contribution is 0.155. The molecule has 1 unspecified atom stereocenters. The summed E-state index contributed by atoms with van der Waals surface area (Å²) >= 11 is 0. The van der Waals surface area contributed by atoms with E-state index in [-0.39, 0.29) is 17.5 Å². The minimum absolute atomic E-state index is 0.139. The van der Waals surface area contributed by atoms with E-state index in [1.54, 1.807) is 18.3 Å². The second-order valence-electron chi connectivity index (χ2n) is 5.00. The Morgan fingerprint density at radius 2 is 2.30 bits per heavy atom. The molecule has 1 aliphatic heterocycles. The van der Waals surface area contributed by atoms with Crippen LogP contribution in [0.1, 0.15) is 19.3 Å². The fourth-order valence-corrected chi connectivity index (χ4v) is 4.58. The van der Waals surface area contributed by atoms with Gasteiger partial charge in [0.1, 0.15) is 10.5 Å². The number of hydrogen-bond acceptors (Lipinski definition) is 4. The second-order valence-corrected chi connectivity index (χ2v) is 6.86. The first-order valence-corrected chi connectivity index (χ1v) is 8.13. The highest BCUT2D eigenvalue weighted by Crippen LogP contribution is 2.29. The van der Waals surface area contributed by atoms with E-state index in [9.17, 15) is 13.5 Å². The smallest absolute Gasteiger partial charge is 0.245 e. The number of H-pyrrole nitrogens is 1. The van der Waals surface area contributed by atoms with Crippen molar-refractivity contribution in [1.29, 1.82) is 0 Å². The summed E-state index contributed by atoms with van der Waals surface area (Å²) in [4.78, 5) is 7.24. The molecule has 108 valence electrons. The van der Waals surface area contributed by atoms with Crippen LogP contribution in [0.3, 0.4) is 0 Å². The first kappa shape index (κ1) is 13.5. The van der Waals surface area contributed by atoms with Crippen molar-refractivity contribution in [2.24, 2.45) is 0 Å². The van der Waals surface area contributed by atoms with E-state index in [1.807, 2.05) is 0 Å². The summed E-state index contributed by atoms with van der Waals surface area (Å²) in [5.74, 6) is 0. The average Bonchev–Trinajstić information content (AvgIpc) is 2.92. The van der Waals surface area contributed by atoms with Gasteiger partial charge in [-0.3, -0.25) is 0 Å². The maximum atomic E-state index is 12.8. The lowest BCUT2D eigenvalue weighted by Crippen LogP contribution is -2.45. The molecule has 0 radical (unpaired) electrons. The number of hydrogen-bond donors (Lipinski definition) is 2. The topological polar surface area (TPSA) is 86.3 Å². The standard InChI is InChI=1S/C13H17N3O3S/c17-9-10-4-1-2-7-16(10)20(18,19)12-8-15-13-11(12)5-3-6-14-13/h3,5-6,8,10,17H,1-2,4,7,9H2,(H,14,15). The normalized spacial score (nSPS) is 21.4. The third-order valence-corrected chi connectivity index (χ3v) is 5.78. The van der Waals surface area contributed by atoms with E-state index in [2.05, 4.69) is 9.97 Å². The van der Waals surface area contributed by atoms with Crippen molar-refractivity contribution < 1.29 is 13.5 Å². The monoisotopic (exact) mass is 295 g/mol. The number of aliphatic hydroxyl groups excluding tert-OH is 1. The zero-order valence-electron chi connectivity index (χ0n) is 11.0. The molecule has 2 aromatic rings. The highest BCUT2D eigenvalue weighted by molar-refractivity contribution is 7.89. The van der Waals surface area contributed by atoms with Gasteiger partial charge in [-0.25, -0.2) is 13.4 Å². The molecule has 0 spiro atoms. The van der Waals surface area contributed by atoms with Crippen LogP contribution in [0.15, 0.2) is 29.4 Å². The summed E-state index contributed by atoms with van der Waals surface area (Å²) in [6, 6.07) is 3.13. The molecule has 0 aromatic carbocycles. The van der Waals surface area contributed by atoms with Crippen LogP contribution in [-0.4, -0.2) is 47.0 Å². The van der Waals surface area contributed by atoms with Gasteiger partial charge in [-0.15, -0.1) is 0 Å². The summed E-state index contributed by atoms with van der Waals surface area (Å²) in [6.07, 6.45) is 5.59. The molecule has 7 heteroatoms. The SMILES string of the molecule is O=S(=O)(c1c[nH]c2ncccc12)N1CCCCC1CO. The van der Waals surface area contributed by atoms with Crippen LogP contribution in [0.25, 0.3) is 11.0 Å². The van der Waals surface area contributed by atoms with Crippen molar-refractivity contribution in [1.82, 2.24) is 14.3 Å². The van der Waals surface area contributed by atoms with Gasteiger partial charge in [0.15, 0.2) is 0 Å². The number of aromatic amines is 1. The number of piperidine rings is 1. The van der Waals surface area contributed by atoms with Crippen molar-refractivity contribution in [3.8, 4) is 0 Å². The van der Waals surface area contributed by atoms with Crippen LogP contribution >= 0.6 is 0 Å². The minimum atomic E-state index is -3.60. The summed E-state index contributed by atoms with van der Waals surface area (Å²) in [7, 11) is -3.60. The molecule has 1 atom stereocenters. The molecular formula is C13H17N3O3S.